The molecule has 1 aromatic rings. The maximum Gasteiger partial charge on any atom is 0.240 e. The summed E-state index contributed by atoms with van der Waals surface area (Å²) in [6.07, 6.45) is 7.42. The summed E-state index contributed by atoms with van der Waals surface area (Å²) in [4.78, 5) is 16.6. The molecule has 1 aromatic carbocycles. The van der Waals surface area contributed by atoms with E-state index in [0.29, 0.717) is 12.6 Å². The number of aryl methyl sites for hydroxylation is 1. The number of likely N-dealkylation sites (N-methyl/N-ethyl adjacent to an activating group) is 1. The van der Waals surface area contributed by atoms with E-state index in [4.69, 9.17) is 0 Å². The first-order valence-corrected chi connectivity index (χ1v) is 9.34. The predicted octanol–water partition coefficient (Wildman–Crippen LogP) is 3.73. The number of rotatable bonds is 7. The van der Waals surface area contributed by atoms with E-state index >= 15 is 0 Å². The van der Waals surface area contributed by atoms with Crippen LogP contribution in [0.3, 0.4) is 0 Å². The first kappa shape index (κ1) is 18.8. The fourth-order valence-electron chi connectivity index (χ4n) is 3.47. The van der Waals surface area contributed by atoms with Crippen LogP contribution in [-0.4, -0.2) is 39.1 Å². The van der Waals surface area contributed by atoms with Crippen LogP contribution < -0.4 is 15.1 Å². The molecule has 0 aromatic heterocycles. The van der Waals surface area contributed by atoms with Gasteiger partial charge in [-0.15, -0.1) is 0 Å². The minimum Gasteiger partial charge on any atom is -0.374 e. The van der Waals surface area contributed by atoms with Crippen LogP contribution >= 0.6 is 0 Å². The SMILES string of the molecule is CCCN(C)c1cc(N(C)C(=O)CNC2CCCCC2)ccc1C. The number of amides is 1. The van der Waals surface area contributed by atoms with Crippen molar-refractivity contribution in [1.82, 2.24) is 5.32 Å². The Labute approximate surface area is 147 Å². The number of carbonyl (C=O) groups is 1. The molecule has 1 saturated carbocycles. The summed E-state index contributed by atoms with van der Waals surface area (Å²) in [6.45, 7) is 5.75. The van der Waals surface area contributed by atoms with Crippen LogP contribution in [0.4, 0.5) is 11.4 Å². The van der Waals surface area contributed by atoms with Gasteiger partial charge in [0.15, 0.2) is 0 Å². The Bertz CT molecular complexity index is 538. The highest BCUT2D eigenvalue weighted by Gasteiger charge is 2.17. The highest BCUT2D eigenvalue weighted by Crippen LogP contribution is 2.25. The Morgan fingerprint density at radius 2 is 1.92 bits per heavy atom. The Kier molecular flexibility index (Phi) is 7.10. The van der Waals surface area contributed by atoms with Crippen molar-refractivity contribution in [3.05, 3.63) is 23.8 Å². The second-order valence-corrected chi connectivity index (χ2v) is 7.06. The molecule has 0 spiro atoms. The molecule has 1 N–H and O–H groups in total. The third-order valence-electron chi connectivity index (χ3n) is 5.07. The van der Waals surface area contributed by atoms with E-state index in [-0.39, 0.29) is 5.91 Å². The van der Waals surface area contributed by atoms with Gasteiger partial charge in [-0.2, -0.15) is 0 Å². The van der Waals surface area contributed by atoms with E-state index in [1.54, 1.807) is 4.90 Å². The lowest BCUT2D eigenvalue weighted by molar-refractivity contribution is -0.117. The van der Waals surface area contributed by atoms with Crippen LogP contribution in [0.15, 0.2) is 18.2 Å². The minimum absolute atomic E-state index is 0.133. The summed E-state index contributed by atoms with van der Waals surface area (Å²) in [7, 11) is 3.99. The molecular formula is C20H33N3O. The first-order chi connectivity index (χ1) is 11.5. The van der Waals surface area contributed by atoms with Gasteiger partial charge in [-0.1, -0.05) is 32.3 Å². The Morgan fingerprint density at radius 3 is 2.58 bits per heavy atom. The van der Waals surface area contributed by atoms with E-state index in [9.17, 15) is 4.79 Å². The van der Waals surface area contributed by atoms with Gasteiger partial charge in [-0.05, 0) is 43.9 Å². The number of nitrogens with one attached hydrogen (secondary N) is 1. The molecule has 1 aliphatic carbocycles. The van der Waals surface area contributed by atoms with Gasteiger partial charge in [0.05, 0.1) is 6.54 Å². The maximum absolute atomic E-state index is 12.5. The lowest BCUT2D eigenvalue weighted by atomic mass is 9.95. The average Bonchev–Trinajstić information content (AvgIpc) is 2.60. The van der Waals surface area contributed by atoms with Crippen molar-refractivity contribution in [1.29, 1.82) is 0 Å². The molecule has 24 heavy (non-hydrogen) atoms. The van der Waals surface area contributed by atoms with Crippen molar-refractivity contribution < 1.29 is 4.79 Å². The maximum atomic E-state index is 12.5. The molecule has 1 fully saturated rings. The van der Waals surface area contributed by atoms with E-state index in [1.165, 1.54) is 43.4 Å². The number of carbonyl (C=O) groups excluding carboxylic acids is 1. The van der Waals surface area contributed by atoms with E-state index in [1.807, 2.05) is 13.1 Å². The summed E-state index contributed by atoms with van der Waals surface area (Å²) < 4.78 is 0. The second-order valence-electron chi connectivity index (χ2n) is 7.06. The molecule has 134 valence electrons. The molecule has 0 heterocycles. The molecule has 0 atom stereocenters. The predicted molar refractivity (Wildman–Crippen MR) is 103 cm³/mol. The van der Waals surface area contributed by atoms with Gasteiger partial charge in [-0.25, -0.2) is 0 Å². The molecule has 4 heteroatoms. The zero-order chi connectivity index (χ0) is 17.5. The average molecular weight is 332 g/mol. The van der Waals surface area contributed by atoms with Gasteiger partial charge in [-0.3, -0.25) is 4.79 Å². The molecule has 0 aliphatic heterocycles. The van der Waals surface area contributed by atoms with Gasteiger partial charge in [0.25, 0.3) is 0 Å². The van der Waals surface area contributed by atoms with Gasteiger partial charge in [0, 0.05) is 38.1 Å². The number of benzene rings is 1. The monoisotopic (exact) mass is 331 g/mol. The van der Waals surface area contributed by atoms with Gasteiger partial charge in [0.1, 0.15) is 0 Å². The molecule has 0 unspecified atom stereocenters. The van der Waals surface area contributed by atoms with Crippen LogP contribution in [0.5, 0.6) is 0 Å². The lowest BCUT2D eigenvalue weighted by Crippen LogP contribution is -2.41. The Hall–Kier alpha value is -1.55. The number of hydrogen-bond acceptors (Lipinski definition) is 3. The van der Waals surface area contributed by atoms with Crippen LogP contribution in [-0.2, 0) is 4.79 Å². The molecule has 1 amide bonds. The largest absolute Gasteiger partial charge is 0.374 e. The lowest BCUT2D eigenvalue weighted by Gasteiger charge is -2.26. The van der Waals surface area contributed by atoms with Crippen molar-refractivity contribution in [3.63, 3.8) is 0 Å². The molecule has 1 aliphatic rings. The third-order valence-corrected chi connectivity index (χ3v) is 5.07. The van der Waals surface area contributed by atoms with Gasteiger partial charge < -0.3 is 15.1 Å². The molecule has 0 bridgehead atoms. The summed E-state index contributed by atoms with van der Waals surface area (Å²) in [5, 5.41) is 3.44. The van der Waals surface area contributed by atoms with Crippen LogP contribution in [0.2, 0.25) is 0 Å². The minimum atomic E-state index is 0.133. The number of hydrogen-bond donors (Lipinski definition) is 1. The number of nitrogens with zero attached hydrogens (tertiary/aromatic N) is 2. The third kappa shape index (κ3) is 4.97. The molecule has 0 saturated heterocycles. The van der Waals surface area contributed by atoms with Crippen molar-refractivity contribution in [2.45, 2.75) is 58.4 Å². The molecule has 4 nitrogen and oxygen atoms in total. The normalized spacial score (nSPS) is 15.3. The highest BCUT2D eigenvalue weighted by molar-refractivity contribution is 5.94. The summed E-state index contributed by atoms with van der Waals surface area (Å²) in [6, 6.07) is 6.79. The fraction of sp³-hybridized carbons (Fsp3) is 0.650. The van der Waals surface area contributed by atoms with E-state index in [0.717, 1.165) is 18.7 Å². The van der Waals surface area contributed by atoms with Gasteiger partial charge in [0.2, 0.25) is 5.91 Å². The van der Waals surface area contributed by atoms with Crippen LogP contribution in [0, 0.1) is 6.92 Å². The zero-order valence-corrected chi connectivity index (χ0v) is 15.8. The summed E-state index contributed by atoms with van der Waals surface area (Å²) in [5.41, 5.74) is 3.42. The topological polar surface area (TPSA) is 35.6 Å². The Balaban J connectivity index is 1.98. The summed E-state index contributed by atoms with van der Waals surface area (Å²) in [5.74, 6) is 0.133. The zero-order valence-electron chi connectivity index (χ0n) is 15.8. The van der Waals surface area contributed by atoms with Crippen molar-refractivity contribution in [3.8, 4) is 0 Å². The smallest absolute Gasteiger partial charge is 0.240 e. The summed E-state index contributed by atoms with van der Waals surface area (Å²) >= 11 is 0. The quantitative estimate of drug-likeness (QED) is 0.827. The molecule has 0 radical (unpaired) electrons. The van der Waals surface area contributed by atoms with Crippen molar-refractivity contribution in [2.24, 2.45) is 0 Å². The Morgan fingerprint density at radius 1 is 1.21 bits per heavy atom. The molecule has 2 rings (SSSR count). The fourth-order valence-corrected chi connectivity index (χ4v) is 3.47. The van der Waals surface area contributed by atoms with Crippen molar-refractivity contribution in [2.75, 3.05) is 37.0 Å². The van der Waals surface area contributed by atoms with E-state index in [2.05, 4.69) is 43.2 Å². The first-order valence-electron chi connectivity index (χ1n) is 9.34. The van der Waals surface area contributed by atoms with Crippen molar-refractivity contribution >= 4 is 17.3 Å². The molecular weight excluding hydrogens is 298 g/mol. The van der Waals surface area contributed by atoms with Gasteiger partial charge >= 0.3 is 0 Å². The number of anilines is 2. The van der Waals surface area contributed by atoms with Crippen LogP contribution in [0.25, 0.3) is 0 Å². The standard InChI is InChI=1S/C20H33N3O/c1-5-13-22(3)19-14-18(12-11-16(19)2)23(4)20(24)15-21-17-9-7-6-8-10-17/h11-12,14,17,21H,5-10,13,15H2,1-4H3. The second kappa shape index (κ2) is 9.07. The highest BCUT2D eigenvalue weighted by atomic mass is 16.2. The van der Waals surface area contributed by atoms with Crippen LogP contribution in [0.1, 0.15) is 51.0 Å². The van der Waals surface area contributed by atoms with E-state index < -0.39 is 0 Å².